The van der Waals surface area contributed by atoms with Crippen LogP contribution in [-0.2, 0) is 4.74 Å². The van der Waals surface area contributed by atoms with E-state index in [9.17, 15) is 5.26 Å². The third-order valence-corrected chi connectivity index (χ3v) is 10.6. The lowest BCUT2D eigenvalue weighted by atomic mass is 9.92. The lowest BCUT2D eigenvalue weighted by Crippen LogP contribution is -2.43. The molecule has 2 atom stereocenters. The molecule has 3 saturated heterocycles. The van der Waals surface area contributed by atoms with Crippen molar-refractivity contribution >= 4 is 27.5 Å². The minimum absolute atomic E-state index is 0.0125. The van der Waals surface area contributed by atoms with E-state index in [4.69, 9.17) is 24.2 Å². The fourth-order valence-electron chi connectivity index (χ4n) is 8.59. The number of hydrogen-bond acceptors (Lipinski definition) is 8. The second kappa shape index (κ2) is 11.4. The third-order valence-electron chi connectivity index (χ3n) is 10.6. The summed E-state index contributed by atoms with van der Waals surface area (Å²) >= 11 is 0. The molecule has 0 spiro atoms. The van der Waals surface area contributed by atoms with Gasteiger partial charge in [-0.3, -0.25) is 4.90 Å². The summed E-state index contributed by atoms with van der Waals surface area (Å²) in [5.74, 6) is 1.85. The Kier molecular flexibility index (Phi) is 7.22. The van der Waals surface area contributed by atoms with Crippen molar-refractivity contribution in [3.05, 3.63) is 53.8 Å². The van der Waals surface area contributed by atoms with Crippen molar-refractivity contribution in [2.45, 2.75) is 50.5 Å². The molecule has 3 aromatic carbocycles. The molecule has 0 N–H and O–H groups in total. The highest BCUT2D eigenvalue weighted by atomic mass is 19.1. The highest BCUT2D eigenvalue weighted by molar-refractivity contribution is 6.03. The van der Waals surface area contributed by atoms with Gasteiger partial charge < -0.3 is 19.1 Å². The number of hydrogen-bond donors (Lipinski definition) is 0. The van der Waals surface area contributed by atoms with Gasteiger partial charge in [-0.05, 0) is 104 Å². The molecule has 45 heavy (non-hydrogen) atoms. The largest absolute Gasteiger partial charge is 0.468 e. The molecule has 3 aliphatic heterocycles. The van der Waals surface area contributed by atoms with E-state index in [2.05, 4.69) is 15.9 Å². The molecule has 9 heteroatoms. The van der Waals surface area contributed by atoms with Crippen molar-refractivity contribution in [3.8, 4) is 29.0 Å². The van der Waals surface area contributed by atoms with E-state index in [0.717, 1.165) is 49.8 Å². The summed E-state index contributed by atoms with van der Waals surface area (Å²) in [6, 6.07) is 15.7. The fraction of sp³-hybridized carbons (Fsp3) is 0.472. The van der Waals surface area contributed by atoms with E-state index in [-0.39, 0.29) is 35.0 Å². The van der Waals surface area contributed by atoms with Crippen molar-refractivity contribution in [1.82, 2.24) is 14.9 Å². The topological polar surface area (TPSA) is 83.7 Å². The molecule has 8 rings (SSSR count). The van der Waals surface area contributed by atoms with Crippen LogP contribution in [0.15, 0.2) is 42.5 Å². The molecule has 4 fully saturated rings. The number of nitrogens with zero attached hydrogens (tertiary/aromatic N) is 5. The Balaban J connectivity index is 1.29. The molecule has 2 bridgehead atoms. The van der Waals surface area contributed by atoms with Crippen molar-refractivity contribution < 1.29 is 18.6 Å². The van der Waals surface area contributed by atoms with Gasteiger partial charge in [-0.1, -0.05) is 24.3 Å². The standard InChI is InChI=1S/C36H38FN5O3/c1-43-22-45-27-15-25-6-2-3-7-28(25)29(17-27)31-26(18-38)16-30-33(32(31)37)39-35(44-21-36-10-4-12-42(36)13-5-11-36)40-34(30)41-19-23-8-9-24(14-23)20-41/h2-3,6-7,15-17,23-24H,4-5,8-14,19-22H2,1H3. The van der Waals surface area contributed by atoms with Crippen LogP contribution < -0.4 is 14.4 Å². The number of methoxy groups -OCH3 is 1. The Morgan fingerprint density at radius 2 is 1.78 bits per heavy atom. The van der Waals surface area contributed by atoms with Gasteiger partial charge in [0.05, 0.1) is 17.2 Å². The van der Waals surface area contributed by atoms with Crippen LogP contribution in [0.4, 0.5) is 10.2 Å². The number of fused-ring (bicyclic) bond motifs is 5. The zero-order valence-corrected chi connectivity index (χ0v) is 25.7. The van der Waals surface area contributed by atoms with Gasteiger partial charge in [0.2, 0.25) is 0 Å². The first-order chi connectivity index (χ1) is 22.0. The van der Waals surface area contributed by atoms with Crippen molar-refractivity contribution in [1.29, 1.82) is 5.26 Å². The van der Waals surface area contributed by atoms with E-state index in [1.165, 1.54) is 32.1 Å². The minimum Gasteiger partial charge on any atom is -0.468 e. The van der Waals surface area contributed by atoms with Crippen LogP contribution >= 0.6 is 0 Å². The smallest absolute Gasteiger partial charge is 0.319 e. The summed E-state index contributed by atoms with van der Waals surface area (Å²) in [5.41, 5.74) is 1.20. The first-order valence-electron chi connectivity index (χ1n) is 16.3. The number of piperidine rings is 1. The van der Waals surface area contributed by atoms with E-state index in [0.29, 0.717) is 41.0 Å². The zero-order chi connectivity index (χ0) is 30.5. The van der Waals surface area contributed by atoms with Gasteiger partial charge in [-0.2, -0.15) is 15.2 Å². The molecular weight excluding hydrogens is 569 g/mol. The van der Waals surface area contributed by atoms with Crippen LogP contribution in [0.3, 0.4) is 0 Å². The number of halogens is 1. The maximum atomic E-state index is 17.2. The van der Waals surface area contributed by atoms with Gasteiger partial charge in [0.15, 0.2) is 12.6 Å². The van der Waals surface area contributed by atoms with Gasteiger partial charge in [0, 0.05) is 31.1 Å². The molecule has 2 unspecified atom stereocenters. The zero-order valence-electron chi connectivity index (χ0n) is 25.7. The maximum Gasteiger partial charge on any atom is 0.319 e. The average Bonchev–Trinajstić information content (AvgIpc) is 3.75. The van der Waals surface area contributed by atoms with Crippen molar-refractivity contribution in [3.63, 3.8) is 0 Å². The molecule has 4 heterocycles. The number of anilines is 1. The Labute approximate surface area is 262 Å². The number of nitriles is 1. The van der Waals surface area contributed by atoms with Crippen molar-refractivity contribution in [2.75, 3.05) is 51.6 Å². The summed E-state index contributed by atoms with van der Waals surface area (Å²) in [7, 11) is 1.56. The molecule has 4 aromatic rings. The highest BCUT2D eigenvalue weighted by Gasteiger charge is 2.45. The molecule has 4 aliphatic rings. The predicted molar refractivity (Wildman–Crippen MR) is 171 cm³/mol. The predicted octanol–water partition coefficient (Wildman–Crippen LogP) is 6.69. The van der Waals surface area contributed by atoms with E-state index >= 15 is 4.39 Å². The minimum atomic E-state index is -0.548. The van der Waals surface area contributed by atoms with Gasteiger partial charge in [0.25, 0.3) is 0 Å². The first kappa shape index (κ1) is 28.5. The van der Waals surface area contributed by atoms with E-state index in [1.807, 2.05) is 30.3 Å². The first-order valence-corrected chi connectivity index (χ1v) is 16.3. The summed E-state index contributed by atoms with van der Waals surface area (Å²) in [4.78, 5) is 14.6. The molecule has 8 nitrogen and oxygen atoms in total. The molecule has 0 amide bonds. The number of aromatic nitrogens is 2. The normalized spacial score (nSPS) is 22.2. The summed E-state index contributed by atoms with van der Waals surface area (Å²) in [6.07, 6.45) is 8.19. The SMILES string of the molecule is COCOc1cc(-c2c(C#N)cc3c(N4CC5CCC(C5)C4)nc(OCC45CCCN4CCC5)nc3c2F)c2ccccc2c1. The molecule has 1 aliphatic carbocycles. The van der Waals surface area contributed by atoms with Crippen LogP contribution in [0.5, 0.6) is 11.8 Å². The second-order valence-corrected chi connectivity index (χ2v) is 13.4. The molecule has 232 valence electrons. The number of ether oxygens (including phenoxy) is 3. The summed E-state index contributed by atoms with van der Waals surface area (Å²) in [6.45, 7) is 4.48. The second-order valence-electron chi connectivity index (χ2n) is 13.4. The van der Waals surface area contributed by atoms with Crippen LogP contribution in [0, 0.1) is 29.0 Å². The summed E-state index contributed by atoms with van der Waals surface area (Å²) in [5, 5.41) is 12.7. The summed E-state index contributed by atoms with van der Waals surface area (Å²) < 4.78 is 34.5. The average molecular weight is 608 g/mol. The molecule has 1 aromatic heterocycles. The van der Waals surface area contributed by atoms with Crippen LogP contribution in [0.1, 0.15) is 50.5 Å². The van der Waals surface area contributed by atoms with Crippen LogP contribution in [0.2, 0.25) is 0 Å². The van der Waals surface area contributed by atoms with E-state index in [1.54, 1.807) is 19.2 Å². The monoisotopic (exact) mass is 607 g/mol. The fourth-order valence-corrected chi connectivity index (χ4v) is 8.59. The third kappa shape index (κ3) is 4.95. The highest BCUT2D eigenvalue weighted by Crippen LogP contribution is 2.44. The molecular formula is C36H38FN5O3. The van der Waals surface area contributed by atoms with Crippen molar-refractivity contribution in [2.24, 2.45) is 11.8 Å². The lowest BCUT2D eigenvalue weighted by Gasteiger charge is -2.34. The van der Waals surface area contributed by atoms with Crippen LogP contribution in [-0.4, -0.2) is 67.1 Å². The Morgan fingerprint density at radius 1 is 1.00 bits per heavy atom. The van der Waals surface area contributed by atoms with Gasteiger partial charge in [0.1, 0.15) is 23.7 Å². The Morgan fingerprint density at radius 3 is 2.53 bits per heavy atom. The Hall–Kier alpha value is -4.00. The molecule has 0 radical (unpaired) electrons. The van der Waals surface area contributed by atoms with Crippen LogP contribution in [0.25, 0.3) is 32.8 Å². The van der Waals surface area contributed by atoms with Gasteiger partial charge >= 0.3 is 6.01 Å². The van der Waals surface area contributed by atoms with E-state index < -0.39 is 5.82 Å². The number of benzene rings is 3. The molecule has 1 saturated carbocycles. The van der Waals surface area contributed by atoms with Gasteiger partial charge in [-0.25, -0.2) is 4.39 Å². The Bertz CT molecular complexity index is 1800. The van der Waals surface area contributed by atoms with Gasteiger partial charge in [-0.15, -0.1) is 0 Å². The lowest BCUT2D eigenvalue weighted by molar-refractivity contribution is 0.0512. The maximum absolute atomic E-state index is 17.2. The number of rotatable bonds is 8. The quantitative estimate of drug-likeness (QED) is 0.205.